The van der Waals surface area contributed by atoms with Gasteiger partial charge in [0.25, 0.3) is 0 Å². The molecule has 2 aromatic heterocycles. The van der Waals surface area contributed by atoms with Gasteiger partial charge in [-0.2, -0.15) is 0 Å². The molecule has 2 aromatic carbocycles. The number of unbranched alkanes of at least 4 members (excludes halogenated alkanes) is 5. The summed E-state index contributed by atoms with van der Waals surface area (Å²) in [6.07, 6.45) is 9.47. The van der Waals surface area contributed by atoms with Crippen molar-refractivity contribution in [3.05, 3.63) is 45.5 Å². The SMILES string of the molecule is CCCCCCCCc1ccc2c(c1)sc1c3ccc(I)cc3sc21. The van der Waals surface area contributed by atoms with Crippen molar-refractivity contribution in [3.8, 4) is 0 Å². The molecule has 25 heavy (non-hydrogen) atoms. The molecule has 0 N–H and O–H groups in total. The first-order valence-corrected chi connectivity index (χ1v) is 12.0. The maximum atomic E-state index is 2.44. The Labute approximate surface area is 171 Å². The van der Waals surface area contributed by atoms with E-state index in [-0.39, 0.29) is 0 Å². The minimum absolute atomic E-state index is 1.23. The third kappa shape index (κ3) is 3.74. The molecule has 0 aliphatic carbocycles. The smallest absolute Gasteiger partial charge is 0.0542 e. The summed E-state index contributed by atoms with van der Waals surface area (Å²) in [4.78, 5) is 0. The molecular formula is C22H23IS2. The standard InChI is InChI=1S/C22H23IS2/c1-2-3-4-5-6-7-8-15-9-11-17-19(13-15)24-22-18-12-10-16(23)14-20(18)25-21(17)22/h9-14H,2-8H2,1H3. The molecule has 3 heteroatoms. The summed E-state index contributed by atoms with van der Waals surface area (Å²) in [7, 11) is 0. The van der Waals surface area contributed by atoms with Crippen molar-refractivity contribution in [1.29, 1.82) is 0 Å². The molecule has 4 aromatic rings. The molecule has 0 aliphatic rings. The van der Waals surface area contributed by atoms with Crippen molar-refractivity contribution in [2.24, 2.45) is 0 Å². The molecule has 0 nitrogen and oxygen atoms in total. The fourth-order valence-electron chi connectivity index (χ4n) is 3.54. The fourth-order valence-corrected chi connectivity index (χ4v) is 7.00. The van der Waals surface area contributed by atoms with E-state index < -0.39 is 0 Å². The Balaban J connectivity index is 1.55. The van der Waals surface area contributed by atoms with Crippen LogP contribution < -0.4 is 0 Å². The molecule has 0 fully saturated rings. The Kier molecular flexibility index (Phi) is 5.63. The highest BCUT2D eigenvalue weighted by Gasteiger charge is 2.12. The molecule has 0 atom stereocenters. The minimum Gasteiger partial charge on any atom is -0.134 e. The van der Waals surface area contributed by atoms with Crippen LogP contribution in [0.15, 0.2) is 36.4 Å². The summed E-state index contributed by atoms with van der Waals surface area (Å²) in [6.45, 7) is 2.28. The van der Waals surface area contributed by atoms with Gasteiger partial charge in [0.15, 0.2) is 0 Å². The van der Waals surface area contributed by atoms with Gasteiger partial charge >= 0.3 is 0 Å². The predicted molar refractivity (Wildman–Crippen MR) is 125 cm³/mol. The third-order valence-corrected chi connectivity index (χ3v) is 8.10. The Morgan fingerprint density at radius 2 is 1.40 bits per heavy atom. The zero-order valence-corrected chi connectivity index (χ0v) is 18.4. The largest absolute Gasteiger partial charge is 0.134 e. The molecule has 0 saturated heterocycles. The summed E-state index contributed by atoms with van der Waals surface area (Å²) >= 11 is 6.33. The summed E-state index contributed by atoms with van der Waals surface area (Å²) in [5.41, 5.74) is 1.51. The van der Waals surface area contributed by atoms with Crippen LogP contribution in [0.2, 0.25) is 0 Å². The van der Waals surface area contributed by atoms with Gasteiger partial charge in [-0.3, -0.25) is 0 Å². The molecule has 0 radical (unpaired) electrons. The average Bonchev–Trinajstić information content (AvgIpc) is 3.12. The third-order valence-electron chi connectivity index (χ3n) is 4.93. The van der Waals surface area contributed by atoms with Crippen LogP contribution >= 0.6 is 45.3 Å². The van der Waals surface area contributed by atoms with Crippen LogP contribution in [-0.4, -0.2) is 0 Å². The molecule has 0 unspecified atom stereocenters. The lowest BCUT2D eigenvalue weighted by atomic mass is 10.0. The van der Waals surface area contributed by atoms with E-state index in [9.17, 15) is 0 Å². The Morgan fingerprint density at radius 1 is 0.760 bits per heavy atom. The molecule has 0 saturated carbocycles. The quantitative estimate of drug-likeness (QED) is 0.184. The molecule has 4 rings (SSSR count). The second-order valence-corrected chi connectivity index (χ2v) is 10.2. The topological polar surface area (TPSA) is 0 Å². The van der Waals surface area contributed by atoms with Crippen molar-refractivity contribution in [2.75, 3.05) is 0 Å². The molecule has 0 amide bonds. The van der Waals surface area contributed by atoms with Crippen molar-refractivity contribution in [2.45, 2.75) is 51.9 Å². The summed E-state index contributed by atoms with van der Waals surface area (Å²) in [5, 5.41) is 2.88. The van der Waals surface area contributed by atoms with E-state index >= 15 is 0 Å². The van der Waals surface area contributed by atoms with E-state index in [0.717, 1.165) is 0 Å². The highest BCUT2D eigenvalue weighted by Crippen LogP contribution is 2.44. The molecule has 2 heterocycles. The van der Waals surface area contributed by atoms with Gasteiger partial charge in [0.1, 0.15) is 0 Å². The van der Waals surface area contributed by atoms with E-state index in [1.54, 1.807) is 0 Å². The van der Waals surface area contributed by atoms with Crippen LogP contribution in [-0.2, 0) is 6.42 Å². The van der Waals surface area contributed by atoms with Crippen LogP contribution in [0, 0.1) is 3.57 Å². The normalized spacial score (nSPS) is 11.9. The van der Waals surface area contributed by atoms with Crippen molar-refractivity contribution in [1.82, 2.24) is 0 Å². The van der Waals surface area contributed by atoms with Gasteiger partial charge in [-0.1, -0.05) is 57.2 Å². The van der Waals surface area contributed by atoms with Crippen molar-refractivity contribution >= 4 is 74.8 Å². The second kappa shape index (κ2) is 7.93. The van der Waals surface area contributed by atoms with Gasteiger partial charge in [0.2, 0.25) is 0 Å². The fraction of sp³-hybridized carbons (Fsp3) is 0.364. The first-order chi connectivity index (χ1) is 12.3. The zero-order chi connectivity index (χ0) is 17.2. The van der Waals surface area contributed by atoms with Crippen LogP contribution in [0.25, 0.3) is 29.6 Å². The van der Waals surface area contributed by atoms with Gasteiger partial charge < -0.3 is 0 Å². The van der Waals surface area contributed by atoms with Gasteiger partial charge in [0.05, 0.1) is 9.40 Å². The predicted octanol–water partition coefficient (Wildman–Crippen LogP) is 8.78. The van der Waals surface area contributed by atoms with E-state index in [1.807, 2.05) is 22.7 Å². The number of rotatable bonds is 7. The van der Waals surface area contributed by atoms with Crippen LogP contribution in [0.4, 0.5) is 0 Å². The lowest BCUT2D eigenvalue weighted by molar-refractivity contribution is 0.607. The number of thiophene rings is 2. The molecule has 0 aliphatic heterocycles. The first kappa shape index (κ1) is 17.7. The van der Waals surface area contributed by atoms with Gasteiger partial charge in [-0.15, -0.1) is 22.7 Å². The highest BCUT2D eigenvalue weighted by molar-refractivity contribution is 14.1. The number of hydrogen-bond acceptors (Lipinski definition) is 2. The number of aryl methyl sites for hydroxylation is 1. The van der Waals surface area contributed by atoms with E-state index in [4.69, 9.17) is 0 Å². The lowest BCUT2D eigenvalue weighted by Gasteiger charge is -2.02. The summed E-state index contributed by atoms with van der Waals surface area (Å²) < 4.78 is 7.16. The minimum atomic E-state index is 1.23. The van der Waals surface area contributed by atoms with Crippen LogP contribution in [0.5, 0.6) is 0 Å². The monoisotopic (exact) mass is 478 g/mol. The maximum Gasteiger partial charge on any atom is 0.0542 e. The zero-order valence-electron chi connectivity index (χ0n) is 14.6. The summed E-state index contributed by atoms with van der Waals surface area (Å²) in [5.74, 6) is 0. The second-order valence-electron chi connectivity index (χ2n) is 6.85. The highest BCUT2D eigenvalue weighted by atomic mass is 127. The van der Waals surface area contributed by atoms with Crippen molar-refractivity contribution < 1.29 is 0 Å². The Morgan fingerprint density at radius 3 is 2.16 bits per heavy atom. The Hall–Kier alpha value is -0.650. The van der Waals surface area contributed by atoms with Crippen LogP contribution in [0.3, 0.4) is 0 Å². The number of fused-ring (bicyclic) bond motifs is 5. The number of hydrogen-bond donors (Lipinski definition) is 0. The lowest BCUT2D eigenvalue weighted by Crippen LogP contribution is -1.85. The summed E-state index contributed by atoms with van der Waals surface area (Å²) in [6, 6.07) is 14.0. The molecule has 0 spiro atoms. The molecular weight excluding hydrogens is 455 g/mol. The van der Waals surface area contributed by atoms with Gasteiger partial charge in [-0.05, 0) is 59.2 Å². The Bertz CT molecular complexity index is 1010. The van der Waals surface area contributed by atoms with Gasteiger partial charge in [-0.25, -0.2) is 0 Å². The maximum absolute atomic E-state index is 2.44. The van der Waals surface area contributed by atoms with E-state index in [0.29, 0.717) is 0 Å². The van der Waals surface area contributed by atoms with E-state index in [1.165, 1.54) is 83.7 Å². The molecule has 0 bridgehead atoms. The van der Waals surface area contributed by atoms with Crippen molar-refractivity contribution in [3.63, 3.8) is 0 Å². The molecule has 130 valence electrons. The van der Waals surface area contributed by atoms with E-state index in [2.05, 4.69) is 65.9 Å². The number of benzene rings is 2. The average molecular weight is 478 g/mol. The first-order valence-electron chi connectivity index (χ1n) is 9.29. The van der Waals surface area contributed by atoms with Crippen LogP contribution in [0.1, 0.15) is 51.0 Å². The number of halogens is 1. The van der Waals surface area contributed by atoms with Gasteiger partial charge in [0, 0.05) is 23.7 Å².